The molecule has 0 saturated heterocycles. The number of nitrogen functional groups attached to an aromatic ring is 1. The van der Waals surface area contributed by atoms with Crippen molar-refractivity contribution >= 4 is 11.3 Å². The van der Waals surface area contributed by atoms with Crippen molar-refractivity contribution in [2.24, 2.45) is 0 Å². The van der Waals surface area contributed by atoms with Gasteiger partial charge in [-0.15, -0.1) is 5.10 Å². The van der Waals surface area contributed by atoms with Gasteiger partial charge in [-0.1, -0.05) is 23.8 Å². The van der Waals surface area contributed by atoms with Gasteiger partial charge >= 0.3 is 0 Å². The molecular formula is C14H14N4. The molecular weight excluding hydrogens is 224 g/mol. The zero-order chi connectivity index (χ0) is 12.7. The van der Waals surface area contributed by atoms with Crippen molar-refractivity contribution in [1.82, 2.24) is 14.6 Å². The van der Waals surface area contributed by atoms with E-state index in [1.165, 1.54) is 5.56 Å². The van der Waals surface area contributed by atoms with Gasteiger partial charge in [0, 0.05) is 5.56 Å². The molecule has 2 N–H and O–H groups in total. The molecule has 0 aliphatic rings. The Morgan fingerprint density at radius 1 is 1.11 bits per heavy atom. The predicted octanol–water partition coefficient (Wildman–Crippen LogP) is 2.60. The van der Waals surface area contributed by atoms with Gasteiger partial charge in [-0.25, -0.2) is 9.50 Å². The lowest BCUT2D eigenvalue weighted by Gasteiger charge is -2.00. The summed E-state index contributed by atoms with van der Waals surface area (Å²) in [6, 6.07) is 11.9. The van der Waals surface area contributed by atoms with Crippen LogP contribution in [-0.4, -0.2) is 14.6 Å². The number of nitrogens with zero attached hydrogens (tertiary/aromatic N) is 3. The van der Waals surface area contributed by atoms with E-state index in [9.17, 15) is 0 Å². The Hall–Kier alpha value is -2.36. The van der Waals surface area contributed by atoms with E-state index < -0.39 is 0 Å². The molecule has 0 radical (unpaired) electrons. The van der Waals surface area contributed by atoms with E-state index in [-0.39, 0.29) is 0 Å². The van der Waals surface area contributed by atoms with Gasteiger partial charge in [-0.2, -0.15) is 0 Å². The molecule has 0 atom stereocenters. The summed E-state index contributed by atoms with van der Waals surface area (Å²) in [5.74, 6) is 0.729. The molecule has 90 valence electrons. The summed E-state index contributed by atoms with van der Waals surface area (Å²) in [4.78, 5) is 4.52. The minimum atomic E-state index is 0.725. The number of aromatic nitrogens is 3. The molecule has 0 saturated carbocycles. The van der Waals surface area contributed by atoms with Gasteiger partial charge in [0.05, 0.1) is 11.4 Å². The predicted molar refractivity (Wildman–Crippen MR) is 72.3 cm³/mol. The highest BCUT2D eigenvalue weighted by Gasteiger charge is 2.08. The molecule has 0 aliphatic carbocycles. The number of benzene rings is 1. The van der Waals surface area contributed by atoms with Gasteiger partial charge in [0.1, 0.15) is 0 Å². The maximum Gasteiger partial charge on any atom is 0.182 e. The monoisotopic (exact) mass is 238 g/mol. The second-order valence-electron chi connectivity index (χ2n) is 4.45. The van der Waals surface area contributed by atoms with Gasteiger partial charge in [0.25, 0.3) is 0 Å². The molecule has 0 unspecified atom stereocenters. The fourth-order valence-corrected chi connectivity index (χ4v) is 1.99. The van der Waals surface area contributed by atoms with Crippen molar-refractivity contribution in [2.75, 3.05) is 5.73 Å². The van der Waals surface area contributed by atoms with Gasteiger partial charge in [-0.3, -0.25) is 0 Å². The number of fused-ring (bicyclic) bond motifs is 1. The fourth-order valence-electron chi connectivity index (χ4n) is 1.99. The third kappa shape index (κ3) is 1.62. The van der Waals surface area contributed by atoms with Crippen molar-refractivity contribution in [3.63, 3.8) is 0 Å². The summed E-state index contributed by atoms with van der Waals surface area (Å²) >= 11 is 0. The number of pyridine rings is 1. The molecule has 1 aromatic carbocycles. The molecule has 0 spiro atoms. The molecule has 0 bridgehead atoms. The second-order valence-corrected chi connectivity index (χ2v) is 4.45. The second kappa shape index (κ2) is 3.84. The van der Waals surface area contributed by atoms with E-state index in [0.717, 1.165) is 28.4 Å². The van der Waals surface area contributed by atoms with Gasteiger partial charge in [0.15, 0.2) is 11.5 Å². The Balaban J connectivity index is 2.23. The number of rotatable bonds is 1. The first-order valence-corrected chi connectivity index (χ1v) is 5.84. The third-order valence-corrected chi connectivity index (χ3v) is 3.06. The lowest BCUT2D eigenvalue weighted by atomic mass is 10.1. The average molecular weight is 238 g/mol. The summed E-state index contributed by atoms with van der Waals surface area (Å²) in [5.41, 5.74) is 10.5. The average Bonchev–Trinajstić information content (AvgIpc) is 2.79. The van der Waals surface area contributed by atoms with Crippen LogP contribution in [0.15, 0.2) is 36.4 Å². The van der Waals surface area contributed by atoms with E-state index in [2.05, 4.69) is 29.1 Å². The largest absolute Gasteiger partial charge is 0.397 e. The quantitative estimate of drug-likeness (QED) is 0.709. The molecule has 2 heterocycles. The number of nitrogens with two attached hydrogens (primary N) is 1. The van der Waals surface area contributed by atoms with E-state index in [0.29, 0.717) is 0 Å². The first kappa shape index (κ1) is 10.8. The summed E-state index contributed by atoms with van der Waals surface area (Å²) in [6.07, 6.45) is 0. The molecule has 4 heteroatoms. The van der Waals surface area contributed by atoms with Crippen LogP contribution in [0.1, 0.15) is 11.3 Å². The van der Waals surface area contributed by atoms with Crippen molar-refractivity contribution in [3.05, 3.63) is 47.7 Å². The summed E-state index contributed by atoms with van der Waals surface area (Å²) in [7, 11) is 0. The van der Waals surface area contributed by atoms with Crippen LogP contribution in [0.25, 0.3) is 17.0 Å². The summed E-state index contributed by atoms with van der Waals surface area (Å²) in [6.45, 7) is 4.00. The van der Waals surface area contributed by atoms with E-state index >= 15 is 0 Å². The smallest absolute Gasteiger partial charge is 0.182 e. The maximum atomic E-state index is 5.87. The van der Waals surface area contributed by atoms with Crippen LogP contribution < -0.4 is 5.73 Å². The van der Waals surface area contributed by atoms with E-state index in [1.807, 2.05) is 31.2 Å². The van der Waals surface area contributed by atoms with E-state index in [4.69, 9.17) is 5.73 Å². The number of anilines is 1. The Kier molecular flexibility index (Phi) is 2.30. The fraction of sp³-hybridized carbons (Fsp3) is 0.143. The van der Waals surface area contributed by atoms with Crippen LogP contribution in [-0.2, 0) is 0 Å². The van der Waals surface area contributed by atoms with Gasteiger partial charge < -0.3 is 5.73 Å². The standard InChI is InChI=1S/C14H14N4/c1-9-4-3-5-11(8-9)14-16-13-7-6-12(15)10(2)18(13)17-14/h3-8H,15H2,1-2H3. The highest BCUT2D eigenvalue weighted by Crippen LogP contribution is 2.19. The number of hydrogen-bond acceptors (Lipinski definition) is 3. The van der Waals surface area contributed by atoms with Crippen LogP contribution in [0.3, 0.4) is 0 Å². The van der Waals surface area contributed by atoms with Crippen molar-refractivity contribution in [2.45, 2.75) is 13.8 Å². The lowest BCUT2D eigenvalue weighted by Crippen LogP contribution is -1.98. The topological polar surface area (TPSA) is 56.2 Å². The maximum absolute atomic E-state index is 5.87. The van der Waals surface area contributed by atoms with Crippen LogP contribution in [0.4, 0.5) is 5.69 Å². The van der Waals surface area contributed by atoms with Crippen molar-refractivity contribution < 1.29 is 0 Å². The Bertz CT molecular complexity index is 728. The zero-order valence-corrected chi connectivity index (χ0v) is 10.4. The molecule has 3 aromatic rings. The molecule has 2 aromatic heterocycles. The Morgan fingerprint density at radius 2 is 1.94 bits per heavy atom. The summed E-state index contributed by atoms with van der Waals surface area (Å²) in [5, 5.41) is 4.51. The van der Waals surface area contributed by atoms with E-state index in [1.54, 1.807) is 4.52 Å². The first-order valence-electron chi connectivity index (χ1n) is 5.84. The molecule has 18 heavy (non-hydrogen) atoms. The molecule has 0 aliphatic heterocycles. The molecule has 3 rings (SSSR count). The van der Waals surface area contributed by atoms with Crippen LogP contribution >= 0.6 is 0 Å². The highest BCUT2D eigenvalue weighted by atomic mass is 15.3. The van der Waals surface area contributed by atoms with Crippen LogP contribution in [0, 0.1) is 13.8 Å². The van der Waals surface area contributed by atoms with Crippen LogP contribution in [0.5, 0.6) is 0 Å². The first-order chi connectivity index (χ1) is 8.65. The highest BCUT2D eigenvalue weighted by molar-refractivity contribution is 5.61. The summed E-state index contributed by atoms with van der Waals surface area (Å²) < 4.78 is 1.78. The minimum absolute atomic E-state index is 0.725. The Labute approximate surface area is 105 Å². The normalized spacial score (nSPS) is 11.0. The number of aryl methyl sites for hydroxylation is 2. The Morgan fingerprint density at radius 3 is 2.72 bits per heavy atom. The molecule has 0 amide bonds. The van der Waals surface area contributed by atoms with Crippen molar-refractivity contribution in [3.8, 4) is 11.4 Å². The lowest BCUT2D eigenvalue weighted by molar-refractivity contribution is 0.922. The van der Waals surface area contributed by atoms with Gasteiger partial charge in [-0.05, 0) is 32.0 Å². The minimum Gasteiger partial charge on any atom is -0.397 e. The molecule has 0 fully saturated rings. The third-order valence-electron chi connectivity index (χ3n) is 3.06. The molecule has 4 nitrogen and oxygen atoms in total. The number of hydrogen-bond donors (Lipinski definition) is 1. The zero-order valence-electron chi connectivity index (χ0n) is 10.4. The van der Waals surface area contributed by atoms with Crippen LogP contribution in [0.2, 0.25) is 0 Å². The SMILES string of the molecule is Cc1cccc(-c2nc3ccc(N)c(C)n3n2)c1. The van der Waals surface area contributed by atoms with Crippen molar-refractivity contribution in [1.29, 1.82) is 0 Å². The van der Waals surface area contributed by atoms with Gasteiger partial charge in [0.2, 0.25) is 0 Å².